The van der Waals surface area contributed by atoms with E-state index in [2.05, 4.69) is 5.32 Å². The van der Waals surface area contributed by atoms with Crippen molar-refractivity contribution < 1.29 is 14.0 Å². The van der Waals surface area contributed by atoms with Gasteiger partial charge in [0.1, 0.15) is 11.9 Å². The van der Waals surface area contributed by atoms with Crippen LogP contribution in [-0.2, 0) is 22.6 Å². The predicted molar refractivity (Wildman–Crippen MR) is 134 cm³/mol. The first-order valence-electron chi connectivity index (χ1n) is 11.6. The van der Waals surface area contributed by atoms with Crippen LogP contribution in [0.1, 0.15) is 54.8 Å². The Labute approximate surface area is 208 Å². The number of benzene rings is 2. The van der Waals surface area contributed by atoms with Crippen LogP contribution < -0.4 is 5.32 Å². The molecule has 1 unspecified atom stereocenters. The average Bonchev–Trinajstić information content (AvgIpc) is 3.35. The second-order valence-corrected chi connectivity index (χ2v) is 9.91. The third-order valence-corrected chi connectivity index (χ3v) is 7.35. The van der Waals surface area contributed by atoms with E-state index in [1.165, 1.54) is 29.9 Å². The first kappa shape index (κ1) is 24.4. The van der Waals surface area contributed by atoms with Gasteiger partial charge in [0.25, 0.3) is 0 Å². The maximum absolute atomic E-state index is 13.7. The van der Waals surface area contributed by atoms with Crippen LogP contribution in [0.3, 0.4) is 0 Å². The number of carbonyl (C=O) groups excluding carboxylic acids is 2. The number of nitrogens with one attached hydrogen (secondary N) is 1. The molecular formula is C27H28ClFN2O2S. The van der Waals surface area contributed by atoms with Crippen LogP contribution in [0.2, 0.25) is 5.02 Å². The minimum Gasteiger partial charge on any atom is -0.351 e. The zero-order valence-corrected chi connectivity index (χ0v) is 20.5. The van der Waals surface area contributed by atoms with Gasteiger partial charge in [-0.1, -0.05) is 61.2 Å². The van der Waals surface area contributed by atoms with E-state index >= 15 is 0 Å². The SMILES string of the molecule is O=C(NC1CCCCC1)C(c1ccc(F)cc1)N(Cc1ccccc1Cl)C(=O)Cc1ccsc1. The van der Waals surface area contributed by atoms with E-state index in [4.69, 9.17) is 11.6 Å². The second kappa shape index (κ2) is 11.6. The Morgan fingerprint density at radius 2 is 1.79 bits per heavy atom. The van der Waals surface area contributed by atoms with Crippen molar-refractivity contribution in [2.24, 2.45) is 0 Å². The number of amides is 2. The Morgan fingerprint density at radius 3 is 2.47 bits per heavy atom. The number of halogens is 2. The van der Waals surface area contributed by atoms with Crippen LogP contribution in [0, 0.1) is 5.82 Å². The van der Waals surface area contributed by atoms with E-state index < -0.39 is 11.9 Å². The lowest BCUT2D eigenvalue weighted by molar-refractivity contribution is -0.141. The summed E-state index contributed by atoms with van der Waals surface area (Å²) >= 11 is 7.96. The summed E-state index contributed by atoms with van der Waals surface area (Å²) in [6.45, 7) is 0.169. The molecule has 7 heteroatoms. The molecule has 1 atom stereocenters. The van der Waals surface area contributed by atoms with Crippen molar-refractivity contribution in [2.75, 3.05) is 0 Å². The quantitative estimate of drug-likeness (QED) is 0.396. The van der Waals surface area contributed by atoms with Gasteiger partial charge in [-0.3, -0.25) is 9.59 Å². The fourth-order valence-corrected chi connectivity index (χ4v) is 5.31. The molecule has 0 bridgehead atoms. The molecule has 178 valence electrons. The van der Waals surface area contributed by atoms with Crippen molar-refractivity contribution in [3.63, 3.8) is 0 Å². The summed E-state index contributed by atoms with van der Waals surface area (Å²) < 4.78 is 13.7. The molecule has 0 saturated heterocycles. The Morgan fingerprint density at radius 1 is 1.06 bits per heavy atom. The average molecular weight is 499 g/mol. The van der Waals surface area contributed by atoms with Gasteiger partial charge in [-0.15, -0.1) is 0 Å². The standard InChI is InChI=1S/C27H28ClFN2O2S/c28-24-9-5-4-6-21(24)17-31(25(32)16-19-14-15-34-18-19)26(20-10-12-22(29)13-11-20)27(33)30-23-7-2-1-3-8-23/h4-6,9-15,18,23,26H,1-3,7-8,16-17H2,(H,30,33). The van der Waals surface area contributed by atoms with Crippen molar-refractivity contribution in [3.8, 4) is 0 Å². The zero-order valence-electron chi connectivity index (χ0n) is 18.9. The van der Waals surface area contributed by atoms with Crippen molar-refractivity contribution in [1.29, 1.82) is 0 Å². The van der Waals surface area contributed by atoms with Gasteiger partial charge in [0, 0.05) is 17.6 Å². The molecule has 2 amide bonds. The molecule has 0 aliphatic heterocycles. The highest BCUT2D eigenvalue weighted by Gasteiger charge is 2.33. The number of thiophene rings is 1. The number of hydrogen-bond acceptors (Lipinski definition) is 3. The molecule has 0 radical (unpaired) electrons. The first-order chi connectivity index (χ1) is 16.5. The number of rotatable bonds is 8. The molecule has 1 saturated carbocycles. The molecule has 1 aliphatic carbocycles. The van der Waals surface area contributed by atoms with Crippen molar-refractivity contribution >= 4 is 34.8 Å². The van der Waals surface area contributed by atoms with Gasteiger partial charge in [-0.05, 0) is 64.6 Å². The van der Waals surface area contributed by atoms with Crippen LogP contribution in [0.5, 0.6) is 0 Å². The minimum atomic E-state index is -0.898. The minimum absolute atomic E-state index is 0.0818. The van der Waals surface area contributed by atoms with E-state index in [1.807, 2.05) is 35.0 Å². The summed E-state index contributed by atoms with van der Waals surface area (Å²) in [5.41, 5.74) is 2.21. The molecule has 1 fully saturated rings. The van der Waals surface area contributed by atoms with Crippen LogP contribution in [0.4, 0.5) is 4.39 Å². The molecule has 1 heterocycles. The van der Waals surface area contributed by atoms with Gasteiger partial charge in [-0.25, -0.2) is 4.39 Å². The zero-order chi connectivity index (χ0) is 23.9. The van der Waals surface area contributed by atoms with E-state index in [9.17, 15) is 14.0 Å². The van der Waals surface area contributed by atoms with Crippen LogP contribution >= 0.6 is 22.9 Å². The summed E-state index contributed by atoms with van der Waals surface area (Å²) in [4.78, 5) is 28.9. The number of hydrogen-bond donors (Lipinski definition) is 1. The van der Waals surface area contributed by atoms with Gasteiger partial charge < -0.3 is 10.2 Å². The Hall–Kier alpha value is -2.70. The third kappa shape index (κ3) is 6.24. The number of carbonyl (C=O) groups is 2. The third-order valence-electron chi connectivity index (χ3n) is 6.25. The lowest BCUT2D eigenvalue weighted by Crippen LogP contribution is -2.47. The molecular weight excluding hydrogens is 471 g/mol. The van der Waals surface area contributed by atoms with E-state index in [1.54, 1.807) is 23.1 Å². The van der Waals surface area contributed by atoms with Crippen molar-refractivity contribution in [3.05, 3.63) is 92.9 Å². The molecule has 1 N–H and O–H groups in total. The van der Waals surface area contributed by atoms with Gasteiger partial charge in [-0.2, -0.15) is 11.3 Å². The molecule has 4 rings (SSSR count). The molecule has 0 spiro atoms. The van der Waals surface area contributed by atoms with Gasteiger partial charge in [0.05, 0.1) is 6.42 Å². The van der Waals surface area contributed by atoms with Gasteiger partial charge >= 0.3 is 0 Å². The van der Waals surface area contributed by atoms with E-state index in [-0.39, 0.29) is 30.8 Å². The van der Waals surface area contributed by atoms with Crippen molar-refractivity contribution in [1.82, 2.24) is 10.2 Å². The topological polar surface area (TPSA) is 49.4 Å². The van der Waals surface area contributed by atoms with Crippen LogP contribution in [0.25, 0.3) is 0 Å². The summed E-state index contributed by atoms with van der Waals surface area (Å²) in [7, 11) is 0. The van der Waals surface area contributed by atoms with Crippen LogP contribution in [-0.4, -0.2) is 22.8 Å². The fourth-order valence-electron chi connectivity index (χ4n) is 4.45. The molecule has 1 aromatic heterocycles. The monoisotopic (exact) mass is 498 g/mol. The van der Waals surface area contributed by atoms with E-state index in [0.29, 0.717) is 10.6 Å². The highest BCUT2D eigenvalue weighted by molar-refractivity contribution is 7.08. The van der Waals surface area contributed by atoms with E-state index in [0.717, 1.165) is 36.8 Å². The first-order valence-corrected chi connectivity index (χ1v) is 12.9. The summed E-state index contributed by atoms with van der Waals surface area (Å²) in [6.07, 6.45) is 5.34. The van der Waals surface area contributed by atoms with Crippen LogP contribution in [0.15, 0.2) is 65.4 Å². The maximum Gasteiger partial charge on any atom is 0.247 e. The normalized spacial score (nSPS) is 15.0. The molecule has 2 aromatic carbocycles. The Kier molecular flexibility index (Phi) is 8.35. The highest BCUT2D eigenvalue weighted by atomic mass is 35.5. The van der Waals surface area contributed by atoms with Gasteiger partial charge in [0.15, 0.2) is 0 Å². The largest absolute Gasteiger partial charge is 0.351 e. The molecule has 34 heavy (non-hydrogen) atoms. The highest BCUT2D eigenvalue weighted by Crippen LogP contribution is 2.28. The van der Waals surface area contributed by atoms with Crippen molar-refractivity contribution in [2.45, 2.75) is 57.2 Å². The molecule has 1 aliphatic rings. The Bertz CT molecular complexity index is 1100. The molecule has 3 aromatic rings. The lowest BCUT2D eigenvalue weighted by Gasteiger charge is -2.34. The Balaban J connectivity index is 1.70. The molecule has 4 nitrogen and oxygen atoms in total. The number of nitrogens with zero attached hydrogens (tertiary/aromatic N) is 1. The van der Waals surface area contributed by atoms with Gasteiger partial charge in [0.2, 0.25) is 11.8 Å². The fraction of sp³-hybridized carbons (Fsp3) is 0.333. The predicted octanol–water partition coefficient (Wildman–Crippen LogP) is 6.30. The smallest absolute Gasteiger partial charge is 0.247 e. The summed E-state index contributed by atoms with van der Waals surface area (Å²) in [5.74, 6) is -0.826. The second-order valence-electron chi connectivity index (χ2n) is 8.72. The summed E-state index contributed by atoms with van der Waals surface area (Å²) in [6, 6.07) is 14.2. The summed E-state index contributed by atoms with van der Waals surface area (Å²) in [5, 5.41) is 7.55. The maximum atomic E-state index is 13.7. The lowest BCUT2D eigenvalue weighted by atomic mass is 9.94.